The van der Waals surface area contributed by atoms with Gasteiger partial charge in [-0.1, -0.05) is 32.6 Å². The summed E-state index contributed by atoms with van der Waals surface area (Å²) in [6.45, 7) is 10.2. The molecule has 50 heavy (non-hydrogen) atoms. The number of piperidine rings is 1. The second-order valence-corrected chi connectivity index (χ2v) is 14.2. The van der Waals surface area contributed by atoms with Gasteiger partial charge in [-0.15, -0.1) is 10.2 Å². The largest absolute Gasteiger partial charge is 0.426 e. The molecule has 2 amide bonds. The van der Waals surface area contributed by atoms with Crippen LogP contribution in [0.1, 0.15) is 85.6 Å². The van der Waals surface area contributed by atoms with E-state index in [1.807, 2.05) is 17.0 Å². The topological polar surface area (TPSA) is 91.6 Å². The van der Waals surface area contributed by atoms with E-state index in [-0.39, 0.29) is 53.6 Å². The standard InChI is InChI=1S/C39H40F3N5O3/c1-4-37(49)47-21-30(23(2)3)29-19-27(7-10-35(29)47)46-13-11-39(12-14-46)20-25(28-8-6-26(40)18-31(28)39)17-36(48)44-34(38-45-43-22-50-38)16-24-5-9-32(41)33(42)15-24/h4-10,15,18-19,22-23,25,30,34H,1,11-14,16-17,20-21H2,2-3H3,(H,44,48)/t25-,30+,34-/m1/s1. The van der Waals surface area contributed by atoms with Crippen molar-refractivity contribution in [2.75, 3.05) is 29.4 Å². The number of carbonyl (C=O) groups is 2. The van der Waals surface area contributed by atoms with Crippen molar-refractivity contribution in [2.24, 2.45) is 5.92 Å². The zero-order valence-electron chi connectivity index (χ0n) is 28.2. The average Bonchev–Trinajstić information content (AvgIpc) is 3.84. The summed E-state index contributed by atoms with van der Waals surface area (Å²) in [5, 5.41) is 10.7. The number of benzene rings is 3. The number of amides is 2. The molecule has 8 nitrogen and oxygen atoms in total. The molecule has 0 saturated carbocycles. The van der Waals surface area contributed by atoms with Gasteiger partial charge in [-0.2, -0.15) is 0 Å². The van der Waals surface area contributed by atoms with Gasteiger partial charge in [0, 0.05) is 49.8 Å². The van der Waals surface area contributed by atoms with Gasteiger partial charge < -0.3 is 19.5 Å². The highest BCUT2D eigenvalue weighted by atomic mass is 19.2. The smallest absolute Gasteiger partial charge is 0.250 e. The van der Waals surface area contributed by atoms with E-state index in [0.717, 1.165) is 67.0 Å². The van der Waals surface area contributed by atoms with Crippen LogP contribution in [0.4, 0.5) is 24.5 Å². The van der Waals surface area contributed by atoms with Crippen molar-refractivity contribution in [3.05, 3.63) is 119 Å². The number of anilines is 2. The van der Waals surface area contributed by atoms with Crippen LogP contribution in [0.15, 0.2) is 78.1 Å². The van der Waals surface area contributed by atoms with Crippen molar-refractivity contribution >= 4 is 23.2 Å². The van der Waals surface area contributed by atoms with E-state index in [4.69, 9.17) is 4.42 Å². The van der Waals surface area contributed by atoms with Crippen LogP contribution in [0.3, 0.4) is 0 Å². The summed E-state index contributed by atoms with van der Waals surface area (Å²) in [4.78, 5) is 30.4. The van der Waals surface area contributed by atoms with Gasteiger partial charge in [0.05, 0.1) is 0 Å². The number of carbonyl (C=O) groups excluding carboxylic acids is 2. The average molecular weight is 684 g/mol. The summed E-state index contributed by atoms with van der Waals surface area (Å²) >= 11 is 0. The lowest BCUT2D eigenvalue weighted by atomic mass is 9.73. The molecule has 260 valence electrons. The monoisotopic (exact) mass is 683 g/mol. The van der Waals surface area contributed by atoms with Crippen LogP contribution in [0.5, 0.6) is 0 Å². The number of rotatable bonds is 9. The molecule has 11 heteroatoms. The maximum atomic E-state index is 14.8. The van der Waals surface area contributed by atoms with E-state index in [1.165, 1.54) is 23.8 Å². The van der Waals surface area contributed by atoms with Crippen LogP contribution in [0, 0.1) is 23.4 Å². The van der Waals surface area contributed by atoms with Crippen LogP contribution in [0.2, 0.25) is 0 Å². The Morgan fingerprint density at radius 3 is 2.54 bits per heavy atom. The molecule has 3 aromatic carbocycles. The molecule has 1 spiro atoms. The van der Waals surface area contributed by atoms with Crippen molar-refractivity contribution in [3.8, 4) is 0 Å². The number of nitrogens with one attached hydrogen (secondary N) is 1. The molecule has 4 aromatic rings. The van der Waals surface area contributed by atoms with Crippen LogP contribution in [-0.2, 0) is 21.4 Å². The van der Waals surface area contributed by atoms with Crippen molar-refractivity contribution in [1.82, 2.24) is 15.5 Å². The van der Waals surface area contributed by atoms with Gasteiger partial charge in [-0.05, 0) is 107 Å². The Labute approximate surface area is 289 Å². The summed E-state index contributed by atoms with van der Waals surface area (Å²) in [7, 11) is 0. The molecule has 1 N–H and O–H groups in total. The normalized spacial score (nSPS) is 19.8. The quantitative estimate of drug-likeness (QED) is 0.187. The molecule has 0 unspecified atom stereocenters. The zero-order valence-corrected chi connectivity index (χ0v) is 28.2. The molecule has 0 radical (unpaired) electrons. The first kappa shape index (κ1) is 33.6. The minimum Gasteiger partial charge on any atom is -0.426 e. The van der Waals surface area contributed by atoms with E-state index >= 15 is 0 Å². The van der Waals surface area contributed by atoms with Crippen molar-refractivity contribution in [1.29, 1.82) is 0 Å². The first-order valence-corrected chi connectivity index (χ1v) is 17.2. The summed E-state index contributed by atoms with van der Waals surface area (Å²) < 4.78 is 47.7. The fraction of sp³-hybridized carbons (Fsp3) is 0.385. The highest BCUT2D eigenvalue weighted by Gasteiger charge is 2.46. The number of hydrogen-bond donors (Lipinski definition) is 1. The first-order chi connectivity index (χ1) is 24.0. The Balaban J connectivity index is 1.07. The molecular weight excluding hydrogens is 643 g/mol. The Morgan fingerprint density at radius 1 is 1.04 bits per heavy atom. The van der Waals surface area contributed by atoms with Gasteiger partial charge in [-0.3, -0.25) is 9.59 Å². The van der Waals surface area contributed by atoms with Gasteiger partial charge in [0.2, 0.25) is 24.1 Å². The predicted octanol–water partition coefficient (Wildman–Crippen LogP) is 7.27. The Bertz CT molecular complexity index is 1920. The van der Waals surface area contributed by atoms with Gasteiger partial charge in [-0.25, -0.2) is 13.2 Å². The molecule has 1 saturated heterocycles. The number of nitrogens with zero attached hydrogens (tertiary/aromatic N) is 4. The Morgan fingerprint density at radius 2 is 1.84 bits per heavy atom. The van der Waals surface area contributed by atoms with Gasteiger partial charge in [0.15, 0.2) is 11.6 Å². The van der Waals surface area contributed by atoms with E-state index in [9.17, 15) is 22.8 Å². The predicted molar refractivity (Wildman–Crippen MR) is 183 cm³/mol. The maximum absolute atomic E-state index is 14.8. The van der Waals surface area contributed by atoms with Crippen LogP contribution in [0.25, 0.3) is 0 Å². The minimum atomic E-state index is -0.980. The van der Waals surface area contributed by atoms with Gasteiger partial charge in [0.25, 0.3) is 0 Å². The second-order valence-electron chi connectivity index (χ2n) is 14.2. The molecule has 0 bridgehead atoms. The van der Waals surface area contributed by atoms with Crippen LogP contribution < -0.4 is 15.1 Å². The number of aromatic nitrogens is 2. The van der Waals surface area contributed by atoms with E-state index in [0.29, 0.717) is 24.4 Å². The molecule has 1 aromatic heterocycles. The third-order valence-electron chi connectivity index (χ3n) is 10.9. The van der Waals surface area contributed by atoms with Crippen LogP contribution in [-0.4, -0.2) is 41.6 Å². The highest BCUT2D eigenvalue weighted by molar-refractivity contribution is 6.03. The van der Waals surface area contributed by atoms with Crippen molar-refractivity contribution < 1.29 is 27.2 Å². The summed E-state index contributed by atoms with van der Waals surface area (Å²) in [6, 6.07) is 14.1. The van der Waals surface area contributed by atoms with Gasteiger partial charge in [0.1, 0.15) is 11.9 Å². The first-order valence-electron chi connectivity index (χ1n) is 17.2. The van der Waals surface area contributed by atoms with Crippen molar-refractivity contribution in [2.45, 2.75) is 69.2 Å². The summed E-state index contributed by atoms with van der Waals surface area (Å²) in [5.74, 6) is -1.96. The van der Waals surface area contributed by atoms with Gasteiger partial charge >= 0.3 is 0 Å². The Hall–Kier alpha value is -4.93. The fourth-order valence-electron chi connectivity index (χ4n) is 8.36. The molecule has 7 rings (SSSR count). The second kappa shape index (κ2) is 13.4. The van der Waals surface area contributed by atoms with E-state index in [1.54, 1.807) is 6.07 Å². The number of hydrogen-bond acceptors (Lipinski definition) is 6. The third-order valence-corrected chi connectivity index (χ3v) is 10.9. The number of halogens is 3. The summed E-state index contributed by atoms with van der Waals surface area (Å²) in [5.41, 5.74) is 5.37. The molecule has 2 aliphatic heterocycles. The maximum Gasteiger partial charge on any atom is 0.250 e. The zero-order chi connectivity index (χ0) is 35.2. The lowest BCUT2D eigenvalue weighted by molar-refractivity contribution is -0.122. The molecule has 1 aliphatic carbocycles. The molecular formula is C39H40F3N5O3. The Kier molecular flexibility index (Phi) is 9.00. The number of fused-ring (bicyclic) bond motifs is 3. The molecule has 1 fully saturated rings. The SMILES string of the molecule is C=CC(=O)N1C[C@@H](C(C)C)c2cc(N3CCC4(CC3)C[C@@H](CC(=O)N[C@H](Cc3ccc(F)c(F)c3)c3nnco3)c3ccc(F)cc34)ccc21. The lowest BCUT2D eigenvalue weighted by Crippen LogP contribution is -2.42. The van der Waals surface area contributed by atoms with E-state index in [2.05, 4.69) is 53.0 Å². The minimum absolute atomic E-state index is 0.0918. The van der Waals surface area contributed by atoms with Crippen molar-refractivity contribution in [3.63, 3.8) is 0 Å². The molecule has 3 aliphatic rings. The molecule has 3 atom stereocenters. The lowest BCUT2D eigenvalue weighted by Gasteiger charge is -2.41. The van der Waals surface area contributed by atoms with E-state index < -0.39 is 17.7 Å². The van der Waals surface area contributed by atoms with Crippen LogP contribution >= 0.6 is 0 Å². The fourth-order valence-corrected chi connectivity index (χ4v) is 8.36. The highest BCUT2D eigenvalue weighted by Crippen LogP contribution is 2.53. The molecule has 3 heterocycles. The summed E-state index contributed by atoms with van der Waals surface area (Å²) in [6.07, 6.45) is 5.11. The third kappa shape index (κ3) is 6.29.